The van der Waals surface area contributed by atoms with E-state index in [9.17, 15) is 0 Å². The Morgan fingerprint density at radius 2 is 1.65 bits per heavy atom. The molecule has 104 valence electrons. The molecule has 0 radical (unpaired) electrons. The highest BCUT2D eigenvalue weighted by atomic mass is 16.5. The van der Waals surface area contributed by atoms with Gasteiger partial charge >= 0.3 is 0 Å². The number of hydrogen-bond donors (Lipinski definition) is 1. The number of oxime groups is 1. The van der Waals surface area contributed by atoms with Crippen molar-refractivity contribution >= 4 is 5.71 Å². The standard InChI is InChI=1S/C17H19NO2/c1-12-8-13(2)10-15(9-12)11-20-17-6-4-16(5-7-17)14(3)18-19/h4-10,19H,11H2,1-3H3. The molecule has 0 aliphatic heterocycles. The molecule has 0 saturated carbocycles. The number of aryl methyl sites for hydroxylation is 2. The predicted molar refractivity (Wildman–Crippen MR) is 80.7 cm³/mol. The second-order valence-corrected chi connectivity index (χ2v) is 4.99. The lowest BCUT2D eigenvalue weighted by atomic mass is 10.1. The SMILES string of the molecule is CC(=NO)c1ccc(OCc2cc(C)cc(C)c2)cc1. The lowest BCUT2D eigenvalue weighted by Crippen LogP contribution is -1.98. The van der Waals surface area contributed by atoms with Gasteiger partial charge in [0.15, 0.2) is 0 Å². The average Bonchev–Trinajstić information content (AvgIpc) is 2.44. The van der Waals surface area contributed by atoms with Gasteiger partial charge in [-0.15, -0.1) is 0 Å². The van der Waals surface area contributed by atoms with Crippen LogP contribution in [0.4, 0.5) is 0 Å². The second-order valence-electron chi connectivity index (χ2n) is 4.99. The molecule has 0 aromatic heterocycles. The molecule has 0 bridgehead atoms. The molecule has 2 aromatic carbocycles. The van der Waals surface area contributed by atoms with Gasteiger partial charge in [0.2, 0.25) is 0 Å². The molecule has 0 saturated heterocycles. The zero-order valence-electron chi connectivity index (χ0n) is 12.1. The van der Waals surface area contributed by atoms with Crippen molar-refractivity contribution in [1.29, 1.82) is 0 Å². The van der Waals surface area contributed by atoms with Crippen LogP contribution in [0, 0.1) is 13.8 Å². The van der Waals surface area contributed by atoms with Crippen molar-refractivity contribution in [1.82, 2.24) is 0 Å². The Balaban J connectivity index is 2.04. The molecule has 3 nitrogen and oxygen atoms in total. The first-order valence-electron chi connectivity index (χ1n) is 6.57. The third-order valence-electron chi connectivity index (χ3n) is 3.11. The van der Waals surface area contributed by atoms with Gasteiger partial charge in [0.05, 0.1) is 5.71 Å². The number of ether oxygens (including phenoxy) is 1. The molecule has 0 amide bonds. The van der Waals surface area contributed by atoms with E-state index in [2.05, 4.69) is 37.2 Å². The minimum atomic E-state index is 0.551. The number of benzene rings is 2. The van der Waals surface area contributed by atoms with E-state index >= 15 is 0 Å². The van der Waals surface area contributed by atoms with Gasteiger partial charge in [-0.2, -0.15) is 0 Å². The lowest BCUT2D eigenvalue weighted by Gasteiger charge is -2.08. The Labute approximate surface area is 119 Å². The van der Waals surface area contributed by atoms with Crippen molar-refractivity contribution in [2.45, 2.75) is 27.4 Å². The largest absolute Gasteiger partial charge is 0.489 e. The van der Waals surface area contributed by atoms with Crippen LogP contribution in [0.3, 0.4) is 0 Å². The summed E-state index contributed by atoms with van der Waals surface area (Å²) in [5.41, 5.74) is 5.12. The van der Waals surface area contributed by atoms with Gasteiger partial charge in [0.1, 0.15) is 12.4 Å². The minimum absolute atomic E-state index is 0.551. The topological polar surface area (TPSA) is 41.8 Å². The van der Waals surface area contributed by atoms with Crippen LogP contribution in [0.1, 0.15) is 29.2 Å². The third kappa shape index (κ3) is 3.60. The normalized spacial score (nSPS) is 11.4. The van der Waals surface area contributed by atoms with Gasteiger partial charge in [-0.25, -0.2) is 0 Å². The van der Waals surface area contributed by atoms with Crippen LogP contribution in [0.5, 0.6) is 5.75 Å². The first kappa shape index (κ1) is 14.1. The van der Waals surface area contributed by atoms with Crippen LogP contribution in [-0.2, 0) is 6.61 Å². The summed E-state index contributed by atoms with van der Waals surface area (Å²) in [7, 11) is 0. The fraction of sp³-hybridized carbons (Fsp3) is 0.235. The highest BCUT2D eigenvalue weighted by Crippen LogP contribution is 2.16. The van der Waals surface area contributed by atoms with E-state index < -0.39 is 0 Å². The van der Waals surface area contributed by atoms with E-state index in [1.165, 1.54) is 16.7 Å². The van der Waals surface area contributed by atoms with Crippen molar-refractivity contribution in [3.05, 3.63) is 64.7 Å². The maximum atomic E-state index is 8.72. The monoisotopic (exact) mass is 269 g/mol. The molecule has 0 atom stereocenters. The smallest absolute Gasteiger partial charge is 0.119 e. The first-order valence-corrected chi connectivity index (χ1v) is 6.57. The van der Waals surface area contributed by atoms with Crippen molar-refractivity contribution < 1.29 is 9.94 Å². The molecule has 0 fully saturated rings. The van der Waals surface area contributed by atoms with E-state index in [0.29, 0.717) is 12.3 Å². The van der Waals surface area contributed by atoms with Crippen LogP contribution < -0.4 is 4.74 Å². The van der Waals surface area contributed by atoms with Crippen LogP contribution in [-0.4, -0.2) is 10.9 Å². The summed E-state index contributed by atoms with van der Waals surface area (Å²) in [5, 5.41) is 11.9. The van der Waals surface area contributed by atoms with Crippen LogP contribution in [0.2, 0.25) is 0 Å². The Bertz CT molecular complexity index is 595. The van der Waals surface area contributed by atoms with E-state index in [1.807, 2.05) is 24.3 Å². The Morgan fingerprint density at radius 1 is 1.05 bits per heavy atom. The van der Waals surface area contributed by atoms with Gasteiger partial charge in [0.25, 0.3) is 0 Å². The molecule has 0 aliphatic rings. The molecule has 0 spiro atoms. The summed E-state index contributed by atoms with van der Waals surface area (Å²) in [6.07, 6.45) is 0. The second kappa shape index (κ2) is 6.24. The van der Waals surface area contributed by atoms with Crippen LogP contribution in [0.25, 0.3) is 0 Å². The van der Waals surface area contributed by atoms with Crippen molar-refractivity contribution in [2.75, 3.05) is 0 Å². The van der Waals surface area contributed by atoms with E-state index in [0.717, 1.165) is 11.3 Å². The minimum Gasteiger partial charge on any atom is -0.489 e. The van der Waals surface area contributed by atoms with Gasteiger partial charge in [-0.1, -0.05) is 34.5 Å². The Hall–Kier alpha value is -2.29. The van der Waals surface area contributed by atoms with Crippen LogP contribution in [0.15, 0.2) is 47.6 Å². The molecule has 0 unspecified atom stereocenters. The molecule has 3 heteroatoms. The maximum Gasteiger partial charge on any atom is 0.119 e. The quantitative estimate of drug-likeness (QED) is 0.516. The fourth-order valence-corrected chi connectivity index (χ4v) is 2.17. The lowest BCUT2D eigenvalue weighted by molar-refractivity contribution is 0.306. The summed E-state index contributed by atoms with van der Waals surface area (Å²) in [5.74, 6) is 0.804. The van der Waals surface area contributed by atoms with E-state index in [-0.39, 0.29) is 0 Å². The van der Waals surface area contributed by atoms with E-state index in [4.69, 9.17) is 9.94 Å². The molecule has 0 heterocycles. The van der Waals surface area contributed by atoms with Crippen molar-refractivity contribution in [3.63, 3.8) is 0 Å². The predicted octanol–water partition coefficient (Wildman–Crippen LogP) is 4.08. The summed E-state index contributed by atoms with van der Waals surface area (Å²) in [6.45, 7) is 6.48. The highest BCUT2D eigenvalue weighted by molar-refractivity contribution is 5.98. The fourth-order valence-electron chi connectivity index (χ4n) is 2.17. The molecule has 2 aromatic rings. The highest BCUT2D eigenvalue weighted by Gasteiger charge is 2.01. The number of rotatable bonds is 4. The molecule has 0 aliphatic carbocycles. The van der Waals surface area contributed by atoms with Crippen molar-refractivity contribution in [3.8, 4) is 5.75 Å². The summed E-state index contributed by atoms with van der Waals surface area (Å²) in [4.78, 5) is 0. The molecular formula is C17H19NO2. The van der Waals surface area contributed by atoms with Crippen LogP contribution >= 0.6 is 0 Å². The average molecular weight is 269 g/mol. The molecule has 1 N–H and O–H groups in total. The van der Waals surface area contributed by atoms with Gasteiger partial charge < -0.3 is 9.94 Å². The molecule has 20 heavy (non-hydrogen) atoms. The zero-order chi connectivity index (χ0) is 14.5. The van der Waals surface area contributed by atoms with Gasteiger partial charge in [0, 0.05) is 0 Å². The summed E-state index contributed by atoms with van der Waals surface area (Å²) in [6, 6.07) is 13.9. The molecular weight excluding hydrogens is 250 g/mol. The summed E-state index contributed by atoms with van der Waals surface area (Å²) < 4.78 is 5.77. The Kier molecular flexibility index (Phi) is 4.41. The maximum absolute atomic E-state index is 8.72. The molecule has 2 rings (SSSR count). The summed E-state index contributed by atoms with van der Waals surface area (Å²) >= 11 is 0. The third-order valence-corrected chi connectivity index (χ3v) is 3.11. The van der Waals surface area contributed by atoms with Gasteiger partial charge in [-0.05, 0) is 56.2 Å². The van der Waals surface area contributed by atoms with Gasteiger partial charge in [-0.3, -0.25) is 0 Å². The van der Waals surface area contributed by atoms with E-state index in [1.54, 1.807) is 6.92 Å². The van der Waals surface area contributed by atoms with Crippen molar-refractivity contribution in [2.24, 2.45) is 5.16 Å². The number of hydrogen-bond acceptors (Lipinski definition) is 3. The zero-order valence-corrected chi connectivity index (χ0v) is 12.1. The Morgan fingerprint density at radius 3 is 2.20 bits per heavy atom. The number of nitrogens with zero attached hydrogens (tertiary/aromatic N) is 1. The first-order chi connectivity index (χ1) is 9.58.